The van der Waals surface area contributed by atoms with Gasteiger partial charge in [-0.1, -0.05) is 0 Å². The molecule has 114 valence electrons. The van der Waals surface area contributed by atoms with Crippen LogP contribution in [0, 0.1) is 0 Å². The molecule has 0 aliphatic rings. The van der Waals surface area contributed by atoms with Crippen molar-refractivity contribution in [2.75, 3.05) is 7.05 Å². The molecule has 2 rings (SSSR count). The minimum Gasteiger partial charge on any atom is -0.334 e. The summed E-state index contributed by atoms with van der Waals surface area (Å²) in [6.45, 7) is -0.0174. The topological polar surface area (TPSA) is 56.0 Å². The van der Waals surface area contributed by atoms with Gasteiger partial charge >= 0.3 is 6.55 Å². The first kappa shape index (κ1) is 15.6. The molecule has 0 fully saturated rings. The third-order valence-electron chi connectivity index (χ3n) is 3.01. The van der Waals surface area contributed by atoms with Gasteiger partial charge in [0.05, 0.1) is 22.9 Å². The van der Waals surface area contributed by atoms with E-state index in [0.29, 0.717) is 11.2 Å². The van der Waals surface area contributed by atoms with Gasteiger partial charge in [-0.15, -0.1) is 0 Å². The zero-order valence-electron chi connectivity index (χ0n) is 11.5. The molecule has 0 radical (unpaired) electrons. The Morgan fingerprint density at radius 1 is 1.48 bits per heavy atom. The quantitative estimate of drug-likeness (QED) is 0.822. The highest BCUT2D eigenvalue weighted by Crippen LogP contribution is 2.19. The van der Waals surface area contributed by atoms with E-state index < -0.39 is 12.5 Å². The number of aryl methyl sites for hydroxylation is 1. The standard InChI is InChI=1S/C12H14BrF2N5O/c1-3-19-10(8(13)6-17-19)7-18(2)11(21)9-4-5-16-20(9)12(14)15/h4-6,12H,3,7H2,1-2H3. The smallest absolute Gasteiger partial charge is 0.333 e. The van der Waals surface area contributed by atoms with Gasteiger partial charge in [-0.25, -0.2) is 0 Å². The molecule has 0 N–H and O–H groups in total. The van der Waals surface area contributed by atoms with Gasteiger partial charge in [-0.2, -0.15) is 23.7 Å². The molecule has 6 nitrogen and oxygen atoms in total. The molecule has 2 aromatic rings. The van der Waals surface area contributed by atoms with Crippen molar-refractivity contribution in [2.45, 2.75) is 26.6 Å². The SMILES string of the molecule is CCn1ncc(Br)c1CN(C)C(=O)c1ccnn1C(F)F. The molecule has 0 saturated carbocycles. The molecule has 0 atom stereocenters. The summed E-state index contributed by atoms with van der Waals surface area (Å²) in [6.07, 6.45) is 2.82. The van der Waals surface area contributed by atoms with E-state index in [1.54, 1.807) is 17.9 Å². The van der Waals surface area contributed by atoms with Crippen molar-refractivity contribution in [2.24, 2.45) is 0 Å². The van der Waals surface area contributed by atoms with Crippen LogP contribution in [0.15, 0.2) is 22.9 Å². The van der Waals surface area contributed by atoms with Crippen molar-refractivity contribution in [1.29, 1.82) is 0 Å². The Morgan fingerprint density at radius 3 is 2.81 bits per heavy atom. The molecule has 0 aliphatic carbocycles. The van der Waals surface area contributed by atoms with Crippen LogP contribution in [0.4, 0.5) is 8.78 Å². The van der Waals surface area contributed by atoms with Gasteiger partial charge < -0.3 is 4.90 Å². The van der Waals surface area contributed by atoms with Crippen molar-refractivity contribution >= 4 is 21.8 Å². The van der Waals surface area contributed by atoms with Crippen molar-refractivity contribution in [1.82, 2.24) is 24.5 Å². The van der Waals surface area contributed by atoms with Crippen molar-refractivity contribution in [3.63, 3.8) is 0 Å². The zero-order valence-corrected chi connectivity index (χ0v) is 13.1. The van der Waals surface area contributed by atoms with E-state index in [1.165, 1.54) is 17.2 Å². The van der Waals surface area contributed by atoms with Crippen molar-refractivity contribution < 1.29 is 13.6 Å². The lowest BCUT2D eigenvalue weighted by Gasteiger charge is -2.18. The van der Waals surface area contributed by atoms with E-state index in [9.17, 15) is 13.6 Å². The first-order chi connectivity index (χ1) is 9.95. The summed E-state index contributed by atoms with van der Waals surface area (Å²) >= 11 is 3.36. The van der Waals surface area contributed by atoms with E-state index >= 15 is 0 Å². The first-order valence-corrected chi connectivity index (χ1v) is 7.02. The summed E-state index contributed by atoms with van der Waals surface area (Å²) < 4.78 is 28.4. The van der Waals surface area contributed by atoms with Crippen LogP contribution in [-0.2, 0) is 13.1 Å². The summed E-state index contributed by atoms with van der Waals surface area (Å²) in [5, 5.41) is 7.61. The van der Waals surface area contributed by atoms with Crippen LogP contribution < -0.4 is 0 Å². The van der Waals surface area contributed by atoms with Gasteiger partial charge in [-0.05, 0) is 28.9 Å². The molecular formula is C12H14BrF2N5O. The second kappa shape index (κ2) is 6.33. The lowest BCUT2D eigenvalue weighted by molar-refractivity contribution is 0.0471. The molecule has 0 aromatic carbocycles. The lowest BCUT2D eigenvalue weighted by Crippen LogP contribution is -2.29. The molecule has 0 spiro atoms. The highest BCUT2D eigenvalue weighted by molar-refractivity contribution is 9.10. The summed E-state index contributed by atoms with van der Waals surface area (Å²) in [7, 11) is 1.55. The molecule has 1 amide bonds. The van der Waals surface area contributed by atoms with Gasteiger partial charge in [0.2, 0.25) is 0 Å². The minimum absolute atomic E-state index is 0.147. The average Bonchev–Trinajstić information content (AvgIpc) is 3.06. The monoisotopic (exact) mass is 361 g/mol. The predicted molar refractivity (Wildman–Crippen MR) is 74.9 cm³/mol. The number of rotatable bonds is 5. The maximum absolute atomic E-state index is 12.8. The molecule has 0 bridgehead atoms. The Bertz CT molecular complexity index is 639. The number of carbonyl (C=O) groups excluding carboxylic acids is 1. The highest BCUT2D eigenvalue weighted by atomic mass is 79.9. The largest absolute Gasteiger partial charge is 0.334 e. The van der Waals surface area contributed by atoms with Crippen LogP contribution in [0.1, 0.15) is 29.7 Å². The van der Waals surface area contributed by atoms with E-state index in [2.05, 4.69) is 26.1 Å². The van der Waals surface area contributed by atoms with Gasteiger partial charge in [0, 0.05) is 19.8 Å². The Hall–Kier alpha value is -1.77. The van der Waals surface area contributed by atoms with E-state index in [4.69, 9.17) is 0 Å². The molecule has 0 unspecified atom stereocenters. The fourth-order valence-corrected chi connectivity index (χ4v) is 2.37. The van der Waals surface area contributed by atoms with E-state index in [-0.39, 0.29) is 12.2 Å². The number of aromatic nitrogens is 4. The lowest BCUT2D eigenvalue weighted by atomic mass is 10.3. The fraction of sp³-hybridized carbons (Fsp3) is 0.417. The van der Waals surface area contributed by atoms with Gasteiger partial charge in [0.25, 0.3) is 5.91 Å². The van der Waals surface area contributed by atoms with Crippen LogP contribution in [0.5, 0.6) is 0 Å². The summed E-state index contributed by atoms with van der Waals surface area (Å²) in [4.78, 5) is 13.6. The summed E-state index contributed by atoms with van der Waals surface area (Å²) in [6, 6.07) is 1.27. The van der Waals surface area contributed by atoms with Crippen LogP contribution >= 0.6 is 15.9 Å². The van der Waals surface area contributed by atoms with Gasteiger partial charge in [0.15, 0.2) is 0 Å². The normalized spacial score (nSPS) is 11.1. The average molecular weight is 362 g/mol. The molecular weight excluding hydrogens is 348 g/mol. The second-order valence-corrected chi connectivity index (χ2v) is 5.21. The summed E-state index contributed by atoms with van der Waals surface area (Å²) in [5.41, 5.74) is 0.655. The van der Waals surface area contributed by atoms with Crippen molar-refractivity contribution in [3.8, 4) is 0 Å². The van der Waals surface area contributed by atoms with E-state index in [0.717, 1.165) is 10.2 Å². The number of halogens is 3. The third kappa shape index (κ3) is 3.12. The number of hydrogen-bond acceptors (Lipinski definition) is 3. The Balaban J connectivity index is 2.20. The van der Waals surface area contributed by atoms with Crippen LogP contribution in [0.25, 0.3) is 0 Å². The van der Waals surface area contributed by atoms with Gasteiger partial charge in [-0.3, -0.25) is 9.48 Å². The summed E-state index contributed by atoms with van der Waals surface area (Å²) in [5.74, 6) is -0.524. The molecule has 0 aliphatic heterocycles. The highest BCUT2D eigenvalue weighted by Gasteiger charge is 2.22. The first-order valence-electron chi connectivity index (χ1n) is 6.23. The molecule has 21 heavy (non-hydrogen) atoms. The van der Waals surface area contributed by atoms with Gasteiger partial charge in [0.1, 0.15) is 5.69 Å². The molecule has 9 heteroatoms. The molecule has 0 saturated heterocycles. The Kier molecular flexibility index (Phi) is 4.71. The van der Waals surface area contributed by atoms with Crippen LogP contribution in [-0.4, -0.2) is 37.4 Å². The number of alkyl halides is 2. The molecule has 2 aromatic heterocycles. The maximum Gasteiger partial charge on any atom is 0.333 e. The Labute approximate surface area is 128 Å². The van der Waals surface area contributed by atoms with Crippen LogP contribution in [0.2, 0.25) is 0 Å². The van der Waals surface area contributed by atoms with Crippen LogP contribution in [0.3, 0.4) is 0 Å². The number of carbonyl (C=O) groups is 1. The number of nitrogens with zero attached hydrogens (tertiary/aromatic N) is 5. The zero-order chi connectivity index (χ0) is 15.6. The van der Waals surface area contributed by atoms with E-state index in [1.807, 2.05) is 6.92 Å². The predicted octanol–water partition coefficient (Wildman–Crippen LogP) is 2.53. The molecule has 2 heterocycles. The fourth-order valence-electron chi connectivity index (χ4n) is 1.95. The number of hydrogen-bond donors (Lipinski definition) is 0. The minimum atomic E-state index is -2.85. The Morgan fingerprint density at radius 2 is 2.19 bits per heavy atom. The number of amides is 1. The third-order valence-corrected chi connectivity index (χ3v) is 3.67. The van der Waals surface area contributed by atoms with Crippen molar-refractivity contribution in [3.05, 3.63) is 34.3 Å². The second-order valence-electron chi connectivity index (χ2n) is 4.35. The maximum atomic E-state index is 12.8.